The van der Waals surface area contributed by atoms with Crippen LogP contribution in [0.2, 0.25) is 0 Å². The molecule has 0 radical (unpaired) electrons. The average Bonchev–Trinajstić information content (AvgIpc) is 3.21. The van der Waals surface area contributed by atoms with Gasteiger partial charge < -0.3 is 53.4 Å². The molecule has 12 N–H and O–H groups in total. The first-order valence-electron chi connectivity index (χ1n) is 20.3. The van der Waals surface area contributed by atoms with Gasteiger partial charge in [-0.05, 0) is 67.2 Å². The van der Waals surface area contributed by atoms with Crippen LogP contribution in [0.5, 0.6) is 5.75 Å². The highest BCUT2D eigenvalue weighted by Gasteiger charge is 2.39. The van der Waals surface area contributed by atoms with E-state index >= 15 is 0 Å². The SMILES string of the molecule is CC(C)[C@H](NC(=O)[C@H](CC(=O)O)NC(=O)[C@H](Cc1ccccc1)NC(=O)C1CCC(N(C(=O)O)C(=O)[C@@H](N)Cc2ccc(O)cc2)CC1)C(=O)N[C@H](C(=O)NCC(N)=O)C(C)C. The Kier molecular flexibility index (Phi) is 18.8. The highest BCUT2D eigenvalue weighted by atomic mass is 16.4. The monoisotopic (exact) mass is 866 g/mol. The predicted molar refractivity (Wildman–Crippen MR) is 222 cm³/mol. The van der Waals surface area contributed by atoms with Crippen molar-refractivity contribution in [3.05, 3.63) is 65.7 Å². The summed E-state index contributed by atoms with van der Waals surface area (Å²) in [7, 11) is 0. The van der Waals surface area contributed by atoms with E-state index < -0.39 is 120 Å². The highest BCUT2D eigenvalue weighted by Crippen LogP contribution is 2.29. The number of phenols is 1. The Morgan fingerprint density at radius 1 is 0.677 bits per heavy atom. The Morgan fingerprint density at radius 2 is 1.21 bits per heavy atom. The number of imide groups is 1. The molecule has 0 spiro atoms. The van der Waals surface area contributed by atoms with Crippen molar-refractivity contribution in [3.8, 4) is 5.75 Å². The number of aliphatic carboxylic acids is 1. The Hall–Kier alpha value is -6.57. The summed E-state index contributed by atoms with van der Waals surface area (Å²) in [6.45, 7) is 6.00. The second kappa shape index (κ2) is 23.4. The van der Waals surface area contributed by atoms with Crippen LogP contribution >= 0.6 is 0 Å². The van der Waals surface area contributed by atoms with Crippen LogP contribution in [0.15, 0.2) is 54.6 Å². The summed E-state index contributed by atoms with van der Waals surface area (Å²) in [6.07, 6.45) is -1.90. The molecule has 1 saturated carbocycles. The smallest absolute Gasteiger partial charge is 0.414 e. The minimum atomic E-state index is -1.72. The lowest BCUT2D eigenvalue weighted by Crippen LogP contribution is -2.60. The molecule has 0 saturated heterocycles. The van der Waals surface area contributed by atoms with E-state index in [1.54, 1.807) is 70.2 Å². The largest absolute Gasteiger partial charge is 0.508 e. The summed E-state index contributed by atoms with van der Waals surface area (Å²) in [6, 6.07) is 7.09. The molecule has 1 aliphatic rings. The van der Waals surface area contributed by atoms with Crippen LogP contribution in [0.25, 0.3) is 0 Å². The number of nitrogens with two attached hydrogens (primary N) is 2. The number of aromatic hydroxyl groups is 1. The van der Waals surface area contributed by atoms with Gasteiger partial charge in [0.1, 0.15) is 29.9 Å². The van der Waals surface area contributed by atoms with Crippen molar-refractivity contribution in [2.75, 3.05) is 6.54 Å². The molecule has 1 fully saturated rings. The minimum Gasteiger partial charge on any atom is -0.508 e. The van der Waals surface area contributed by atoms with E-state index in [0.29, 0.717) is 16.0 Å². The van der Waals surface area contributed by atoms with Gasteiger partial charge in [0, 0.05) is 18.4 Å². The maximum Gasteiger partial charge on any atom is 0.414 e. The maximum atomic E-state index is 13.9. The molecule has 0 aliphatic heterocycles. The number of phenolic OH excluding ortho intramolecular Hbond substituents is 1. The van der Waals surface area contributed by atoms with Gasteiger partial charge in [-0.2, -0.15) is 0 Å². The summed E-state index contributed by atoms with van der Waals surface area (Å²) < 4.78 is 0. The molecule has 2 aromatic carbocycles. The number of nitrogens with one attached hydrogen (secondary N) is 5. The van der Waals surface area contributed by atoms with E-state index in [9.17, 15) is 58.5 Å². The van der Waals surface area contributed by atoms with Crippen LogP contribution in [0.1, 0.15) is 70.9 Å². The van der Waals surface area contributed by atoms with E-state index in [1.165, 1.54) is 12.1 Å². The molecule has 20 nitrogen and oxygen atoms in total. The molecule has 20 heteroatoms. The Labute approximate surface area is 358 Å². The van der Waals surface area contributed by atoms with Crippen molar-refractivity contribution in [2.24, 2.45) is 29.2 Å². The van der Waals surface area contributed by atoms with Crippen molar-refractivity contribution in [1.82, 2.24) is 31.5 Å². The number of rotatable bonds is 21. The number of hydrogen-bond donors (Lipinski definition) is 10. The van der Waals surface area contributed by atoms with E-state index in [-0.39, 0.29) is 44.3 Å². The number of benzene rings is 2. The van der Waals surface area contributed by atoms with Gasteiger partial charge in [-0.15, -0.1) is 0 Å². The topological polar surface area (TPSA) is 330 Å². The van der Waals surface area contributed by atoms with Crippen LogP contribution in [0.4, 0.5) is 4.79 Å². The summed E-state index contributed by atoms with van der Waals surface area (Å²) >= 11 is 0. The van der Waals surface area contributed by atoms with Crippen LogP contribution in [0, 0.1) is 17.8 Å². The van der Waals surface area contributed by atoms with Crippen LogP contribution in [-0.4, -0.2) is 116 Å². The molecule has 62 heavy (non-hydrogen) atoms. The maximum absolute atomic E-state index is 13.9. The third-order valence-corrected chi connectivity index (χ3v) is 10.4. The first-order chi connectivity index (χ1) is 29.2. The molecule has 8 amide bonds. The number of carboxylic acid groups (broad SMARTS) is 2. The van der Waals surface area contributed by atoms with E-state index in [1.807, 2.05) is 0 Å². The van der Waals surface area contributed by atoms with Crippen molar-refractivity contribution >= 4 is 53.4 Å². The molecule has 0 aromatic heterocycles. The number of carbonyl (C=O) groups is 9. The van der Waals surface area contributed by atoms with Gasteiger partial charge in [0.15, 0.2) is 0 Å². The van der Waals surface area contributed by atoms with Gasteiger partial charge in [-0.25, -0.2) is 9.69 Å². The van der Waals surface area contributed by atoms with Gasteiger partial charge in [0.2, 0.25) is 41.4 Å². The number of amides is 8. The zero-order chi connectivity index (χ0) is 46.3. The van der Waals surface area contributed by atoms with Gasteiger partial charge in [0.25, 0.3) is 0 Å². The molecule has 338 valence electrons. The lowest BCUT2D eigenvalue weighted by atomic mass is 9.84. The number of carbonyl (C=O) groups excluding carboxylic acids is 7. The summed E-state index contributed by atoms with van der Waals surface area (Å²) in [5.74, 6) is -8.81. The van der Waals surface area contributed by atoms with E-state index in [2.05, 4.69) is 26.6 Å². The lowest BCUT2D eigenvalue weighted by molar-refractivity contribution is -0.142. The fraction of sp³-hybridized carbons (Fsp3) is 0.500. The molecule has 0 heterocycles. The van der Waals surface area contributed by atoms with Gasteiger partial charge in [0.05, 0.1) is 19.0 Å². The van der Waals surface area contributed by atoms with Crippen molar-refractivity contribution < 1.29 is 58.5 Å². The van der Waals surface area contributed by atoms with E-state index in [4.69, 9.17) is 11.5 Å². The van der Waals surface area contributed by atoms with Gasteiger partial charge in [-0.3, -0.25) is 38.4 Å². The molecule has 5 atom stereocenters. The Balaban J connectivity index is 1.74. The number of hydrogen-bond acceptors (Lipinski definition) is 11. The fourth-order valence-electron chi connectivity index (χ4n) is 7.03. The Morgan fingerprint density at radius 3 is 1.74 bits per heavy atom. The second-order valence-electron chi connectivity index (χ2n) is 16.0. The lowest BCUT2D eigenvalue weighted by Gasteiger charge is -2.35. The van der Waals surface area contributed by atoms with Crippen LogP contribution in [-0.2, 0) is 51.2 Å². The minimum absolute atomic E-state index is 0.0176. The molecule has 1 aliphatic carbocycles. The van der Waals surface area contributed by atoms with E-state index in [0.717, 1.165) is 0 Å². The quantitative estimate of drug-likeness (QED) is 0.0785. The van der Waals surface area contributed by atoms with Gasteiger partial charge >= 0.3 is 12.1 Å². The van der Waals surface area contributed by atoms with Crippen molar-refractivity contribution in [2.45, 2.75) is 109 Å². The fourth-order valence-corrected chi connectivity index (χ4v) is 7.03. The molecule has 3 rings (SSSR count). The van der Waals surface area contributed by atoms with Crippen molar-refractivity contribution in [3.63, 3.8) is 0 Å². The van der Waals surface area contributed by atoms with Gasteiger partial charge in [-0.1, -0.05) is 70.2 Å². The zero-order valence-corrected chi connectivity index (χ0v) is 35.2. The first kappa shape index (κ1) is 49.8. The molecule has 0 unspecified atom stereocenters. The highest BCUT2D eigenvalue weighted by molar-refractivity contribution is 5.98. The summed E-state index contributed by atoms with van der Waals surface area (Å²) in [4.78, 5) is 117. The standard InChI is InChI=1S/C42H58N8O12/c1-22(2)34(39(58)45-21-32(44)52)49-40(59)35(23(3)4)48-38(57)31(20-33(53)54)47-37(56)30(19-24-8-6-5-7-9-24)46-36(55)26-12-14-27(15-13-26)50(42(61)62)41(60)29(43)18-25-10-16-28(51)17-11-25/h5-11,16-17,22-23,26-27,29-31,34-35,51H,12-15,18-21,43H2,1-4H3,(H2,44,52)(H,45,58)(H,46,55)(H,47,56)(H,48,57)(H,49,59)(H,53,54)(H,61,62)/t26?,27?,29-,30-,31-,34-,35-/m0/s1. The molecular formula is C42H58N8O12. The predicted octanol–water partition coefficient (Wildman–Crippen LogP) is -0.102. The zero-order valence-electron chi connectivity index (χ0n) is 35.2. The average molecular weight is 867 g/mol. The summed E-state index contributed by atoms with van der Waals surface area (Å²) in [5, 5.41) is 41.8. The van der Waals surface area contributed by atoms with Crippen LogP contribution < -0.4 is 38.1 Å². The summed E-state index contributed by atoms with van der Waals surface area (Å²) in [5.41, 5.74) is 12.5. The first-order valence-corrected chi connectivity index (χ1v) is 20.3. The Bertz CT molecular complexity index is 1920. The number of nitrogens with zero attached hydrogens (tertiary/aromatic N) is 1. The second-order valence-corrected chi connectivity index (χ2v) is 16.0. The molecule has 2 aromatic rings. The van der Waals surface area contributed by atoms with Crippen LogP contribution in [0.3, 0.4) is 0 Å². The van der Waals surface area contributed by atoms with Crippen molar-refractivity contribution in [1.29, 1.82) is 0 Å². The third-order valence-electron chi connectivity index (χ3n) is 10.4. The number of primary amides is 1. The number of carboxylic acids is 1. The molecular weight excluding hydrogens is 809 g/mol. The third kappa shape index (κ3) is 15.2. The molecule has 0 bridgehead atoms. The normalized spacial score (nSPS) is 17.3.